The molecule has 0 aliphatic rings. The van der Waals surface area contributed by atoms with Crippen LogP contribution in [0.15, 0.2) is 4.99 Å². The highest BCUT2D eigenvalue weighted by molar-refractivity contribution is 5.85. The van der Waals surface area contributed by atoms with E-state index in [0.29, 0.717) is 26.0 Å². The number of aliphatic carboxylic acids is 1. The van der Waals surface area contributed by atoms with Crippen LogP contribution in [0.25, 0.3) is 0 Å². The number of carboxylic acids is 1. The molecule has 0 fully saturated rings. The zero-order chi connectivity index (χ0) is 26.0. The van der Waals surface area contributed by atoms with E-state index in [4.69, 9.17) is 16.2 Å². The Hall–Kier alpha value is -1.09. The van der Waals surface area contributed by atoms with Gasteiger partial charge in [0.2, 0.25) is 0 Å². The van der Waals surface area contributed by atoms with E-state index in [1.54, 1.807) is 0 Å². The van der Waals surface area contributed by atoms with Crippen molar-refractivity contribution in [1.29, 1.82) is 0 Å². The van der Waals surface area contributed by atoms with Gasteiger partial charge < -0.3 is 31.7 Å². The summed E-state index contributed by atoms with van der Waals surface area (Å²) in [5, 5.41) is 22.2. The van der Waals surface area contributed by atoms with E-state index in [1.165, 1.54) is 89.9 Å². The van der Waals surface area contributed by atoms with Crippen molar-refractivity contribution >= 4 is 24.3 Å². The van der Waals surface area contributed by atoms with Crippen molar-refractivity contribution in [2.24, 2.45) is 16.5 Å². The highest BCUT2D eigenvalue weighted by Gasteiger charge is 2.17. The molecule has 36 heavy (non-hydrogen) atoms. The monoisotopic (exact) mass is 536 g/mol. The average Bonchev–Trinajstić information content (AvgIpc) is 2.82. The number of aliphatic hydroxyl groups excluding tert-OH is 1. The molecule has 8 nitrogen and oxygen atoms in total. The maximum atomic E-state index is 11.3. The van der Waals surface area contributed by atoms with Gasteiger partial charge in [0.15, 0.2) is 5.96 Å². The van der Waals surface area contributed by atoms with Gasteiger partial charge in [-0.2, -0.15) is 0 Å². The van der Waals surface area contributed by atoms with Crippen molar-refractivity contribution < 1.29 is 19.7 Å². The lowest BCUT2D eigenvalue weighted by atomic mass is 10.0. The third kappa shape index (κ3) is 27.5. The number of nitrogens with two attached hydrogens (primary N) is 2. The van der Waals surface area contributed by atoms with Crippen LogP contribution in [0.5, 0.6) is 0 Å². The fraction of sp³-hybridized carbons (Fsp3) is 0.926. The summed E-state index contributed by atoms with van der Waals surface area (Å²) in [5.41, 5.74) is 10.5. The van der Waals surface area contributed by atoms with Crippen LogP contribution in [0.2, 0.25) is 0 Å². The Morgan fingerprint density at radius 3 is 1.75 bits per heavy atom. The fourth-order valence-corrected chi connectivity index (χ4v) is 4.13. The number of aliphatic imine (C=N–C) groups is 1. The highest BCUT2D eigenvalue weighted by atomic mass is 35.5. The van der Waals surface area contributed by atoms with Crippen molar-refractivity contribution in [3.05, 3.63) is 0 Å². The van der Waals surface area contributed by atoms with E-state index in [1.807, 2.05) is 0 Å². The number of hydrogen-bond acceptors (Lipinski definition) is 5. The summed E-state index contributed by atoms with van der Waals surface area (Å²) in [7, 11) is 0. The molecule has 0 spiro atoms. The number of nitrogens with zero attached hydrogens (tertiary/aromatic N) is 1. The first-order valence-electron chi connectivity index (χ1n) is 14.2. The van der Waals surface area contributed by atoms with Gasteiger partial charge in [-0.25, -0.2) is 0 Å². The summed E-state index contributed by atoms with van der Waals surface area (Å²) in [4.78, 5) is 15.2. The topological polar surface area (TPSA) is 143 Å². The molecule has 0 heterocycles. The Morgan fingerprint density at radius 2 is 1.31 bits per heavy atom. The number of guanidine groups is 1. The van der Waals surface area contributed by atoms with Crippen LogP contribution in [0, 0.1) is 0 Å². The van der Waals surface area contributed by atoms with Crippen LogP contribution < -0.4 is 16.8 Å². The van der Waals surface area contributed by atoms with E-state index >= 15 is 0 Å². The number of ether oxygens (including phenoxy) is 1. The maximum absolute atomic E-state index is 11.3. The second-order valence-corrected chi connectivity index (χ2v) is 9.78. The predicted molar refractivity (Wildman–Crippen MR) is 153 cm³/mol. The normalized spacial score (nSPS) is 12.6. The standard InChI is InChI=1S/C27H56N4O4.ClH/c1-2-3-4-5-6-7-8-9-10-11-12-13-14-15-16-17-21-35-23-24(32)22-31-25(26(33)34)19-18-20-30-27(28)29;/h24-25,31-32H,2-23H2,1H3,(H,33,34)(H4,28,29,30);1H/t24?,25-;/m0./s1. The van der Waals surface area contributed by atoms with E-state index in [9.17, 15) is 15.0 Å². The first kappa shape index (κ1) is 37.1. The SMILES string of the molecule is CCCCCCCCCCCCCCCCCCOCC(O)CN[C@@H](CCCN=C(N)N)C(=O)O.Cl. The van der Waals surface area contributed by atoms with Crippen LogP contribution in [0.4, 0.5) is 0 Å². The van der Waals surface area contributed by atoms with Crippen molar-refractivity contribution in [1.82, 2.24) is 5.32 Å². The predicted octanol–water partition coefficient (Wildman–Crippen LogP) is 5.14. The van der Waals surface area contributed by atoms with Gasteiger partial charge in [-0.3, -0.25) is 9.79 Å². The molecule has 0 aromatic rings. The molecule has 0 bridgehead atoms. The fourth-order valence-electron chi connectivity index (χ4n) is 4.13. The lowest BCUT2D eigenvalue weighted by Gasteiger charge is -2.17. The third-order valence-electron chi connectivity index (χ3n) is 6.30. The van der Waals surface area contributed by atoms with E-state index < -0.39 is 18.1 Å². The number of rotatable bonds is 27. The first-order chi connectivity index (χ1) is 17.0. The summed E-state index contributed by atoms with van der Waals surface area (Å²) in [5.74, 6) is -0.947. The van der Waals surface area contributed by atoms with E-state index in [0.717, 1.165) is 12.8 Å². The Balaban J connectivity index is 0. The van der Waals surface area contributed by atoms with Crippen LogP contribution >= 0.6 is 12.4 Å². The minimum atomic E-state index is -0.948. The van der Waals surface area contributed by atoms with Gasteiger partial charge in [-0.1, -0.05) is 103 Å². The number of nitrogens with one attached hydrogen (secondary N) is 1. The molecule has 0 radical (unpaired) electrons. The second-order valence-electron chi connectivity index (χ2n) is 9.78. The van der Waals surface area contributed by atoms with Gasteiger partial charge >= 0.3 is 5.97 Å². The molecule has 0 rings (SSSR count). The molecule has 0 saturated heterocycles. The van der Waals surface area contributed by atoms with Crippen molar-refractivity contribution in [2.75, 3.05) is 26.3 Å². The first-order valence-corrected chi connectivity index (χ1v) is 14.2. The molecular weight excluding hydrogens is 480 g/mol. The van der Waals surface area contributed by atoms with Crippen LogP contribution in [-0.4, -0.2) is 60.6 Å². The maximum Gasteiger partial charge on any atom is 0.320 e. The van der Waals surface area contributed by atoms with Crippen LogP contribution in [0.3, 0.4) is 0 Å². The molecular formula is C27H57ClN4O4. The molecule has 0 aliphatic carbocycles. The van der Waals surface area contributed by atoms with Gasteiger partial charge in [-0.05, 0) is 19.3 Å². The second kappa shape index (κ2) is 28.5. The Kier molecular flexibility index (Phi) is 29.3. The Labute approximate surface area is 226 Å². The number of carbonyl (C=O) groups is 1. The summed E-state index contributed by atoms with van der Waals surface area (Å²) in [6.07, 6.45) is 21.6. The molecule has 0 aliphatic heterocycles. The van der Waals surface area contributed by atoms with Gasteiger partial charge in [0.25, 0.3) is 0 Å². The molecule has 0 saturated carbocycles. The van der Waals surface area contributed by atoms with Crippen molar-refractivity contribution in [3.63, 3.8) is 0 Å². The zero-order valence-electron chi connectivity index (χ0n) is 22.9. The Bertz CT molecular complexity index is 508. The molecule has 0 amide bonds. The molecule has 216 valence electrons. The molecule has 7 N–H and O–H groups in total. The van der Waals surface area contributed by atoms with Crippen LogP contribution in [0.1, 0.15) is 122 Å². The lowest BCUT2D eigenvalue weighted by molar-refractivity contribution is -0.139. The van der Waals surface area contributed by atoms with Gasteiger partial charge in [0.1, 0.15) is 6.04 Å². The quantitative estimate of drug-likeness (QED) is 0.0555. The van der Waals surface area contributed by atoms with Crippen molar-refractivity contribution in [2.45, 2.75) is 135 Å². The van der Waals surface area contributed by atoms with Gasteiger partial charge in [-0.15, -0.1) is 12.4 Å². The lowest BCUT2D eigenvalue weighted by Crippen LogP contribution is -2.42. The third-order valence-corrected chi connectivity index (χ3v) is 6.30. The number of aliphatic hydroxyl groups is 1. The van der Waals surface area contributed by atoms with Gasteiger partial charge in [0.05, 0.1) is 12.7 Å². The molecule has 0 aromatic heterocycles. The highest BCUT2D eigenvalue weighted by Crippen LogP contribution is 2.13. The molecule has 9 heteroatoms. The molecule has 1 unspecified atom stereocenters. The summed E-state index contributed by atoms with van der Waals surface area (Å²) in [6, 6.07) is -0.737. The number of hydrogen-bond donors (Lipinski definition) is 5. The summed E-state index contributed by atoms with van der Waals surface area (Å²) >= 11 is 0. The summed E-state index contributed by atoms with van der Waals surface area (Å²) < 4.78 is 5.55. The molecule has 0 aromatic carbocycles. The van der Waals surface area contributed by atoms with Crippen molar-refractivity contribution in [3.8, 4) is 0 Å². The largest absolute Gasteiger partial charge is 0.480 e. The van der Waals surface area contributed by atoms with E-state index in [-0.39, 0.29) is 31.5 Å². The average molecular weight is 537 g/mol. The number of halogens is 1. The smallest absolute Gasteiger partial charge is 0.320 e. The molecule has 2 atom stereocenters. The Morgan fingerprint density at radius 1 is 0.833 bits per heavy atom. The number of unbranched alkanes of at least 4 members (excludes halogenated alkanes) is 15. The zero-order valence-corrected chi connectivity index (χ0v) is 23.7. The van der Waals surface area contributed by atoms with Gasteiger partial charge in [0, 0.05) is 19.7 Å². The minimum Gasteiger partial charge on any atom is -0.480 e. The number of carboxylic acid groups (broad SMARTS) is 1. The van der Waals surface area contributed by atoms with Crippen LogP contribution in [-0.2, 0) is 9.53 Å². The summed E-state index contributed by atoms with van der Waals surface area (Å²) in [6.45, 7) is 3.69. The van der Waals surface area contributed by atoms with E-state index in [2.05, 4.69) is 17.2 Å². The minimum absolute atomic E-state index is 0.